The zero-order chi connectivity index (χ0) is 12.3. The van der Waals surface area contributed by atoms with Crippen LogP contribution in [0.2, 0.25) is 0 Å². The Morgan fingerprint density at radius 1 is 1.35 bits per heavy atom. The third kappa shape index (κ3) is 3.06. The molecule has 0 unspecified atom stereocenters. The highest BCUT2D eigenvalue weighted by molar-refractivity contribution is 5.04. The van der Waals surface area contributed by atoms with Crippen LogP contribution in [-0.4, -0.2) is 22.6 Å². The molecule has 17 heavy (non-hydrogen) atoms. The molecule has 1 aliphatic rings. The van der Waals surface area contributed by atoms with Gasteiger partial charge in [0, 0.05) is 18.8 Å². The standard InChI is InChI=1S/C12H19N3O2/c1-15-8-10(11(16)14-12(15)17)3-2-9-4-6-13-7-5-9/h8-9,13H,2-7H2,1H3,(H,14,16,17). The molecule has 1 saturated heterocycles. The minimum Gasteiger partial charge on any atom is -0.317 e. The highest BCUT2D eigenvalue weighted by Gasteiger charge is 2.13. The topological polar surface area (TPSA) is 66.9 Å². The zero-order valence-electron chi connectivity index (χ0n) is 10.2. The average molecular weight is 237 g/mol. The molecular formula is C12H19N3O2. The maximum atomic E-state index is 11.6. The summed E-state index contributed by atoms with van der Waals surface area (Å²) in [7, 11) is 1.66. The molecule has 0 aliphatic carbocycles. The van der Waals surface area contributed by atoms with E-state index >= 15 is 0 Å². The fourth-order valence-electron chi connectivity index (χ4n) is 2.32. The van der Waals surface area contributed by atoms with E-state index in [1.807, 2.05) is 0 Å². The van der Waals surface area contributed by atoms with Crippen molar-refractivity contribution in [3.8, 4) is 0 Å². The molecule has 2 N–H and O–H groups in total. The Hall–Kier alpha value is -1.36. The molecule has 0 amide bonds. The van der Waals surface area contributed by atoms with Gasteiger partial charge in [-0.25, -0.2) is 4.79 Å². The molecule has 5 heteroatoms. The predicted octanol–water partition coefficient (Wildman–Crippen LogP) is 0.00580. The van der Waals surface area contributed by atoms with Gasteiger partial charge in [0.25, 0.3) is 5.56 Å². The van der Waals surface area contributed by atoms with Gasteiger partial charge in [-0.2, -0.15) is 0 Å². The maximum absolute atomic E-state index is 11.6. The Balaban J connectivity index is 2.01. The van der Waals surface area contributed by atoms with Crippen LogP contribution >= 0.6 is 0 Å². The van der Waals surface area contributed by atoms with Crippen LogP contribution in [0.1, 0.15) is 24.8 Å². The monoisotopic (exact) mass is 237 g/mol. The summed E-state index contributed by atoms with van der Waals surface area (Å²) in [5.41, 5.74) is 0.133. The number of nitrogens with one attached hydrogen (secondary N) is 2. The Morgan fingerprint density at radius 3 is 2.76 bits per heavy atom. The summed E-state index contributed by atoms with van der Waals surface area (Å²) in [5, 5.41) is 3.33. The minimum atomic E-state index is -0.347. The first-order valence-electron chi connectivity index (χ1n) is 6.16. The summed E-state index contributed by atoms with van der Waals surface area (Å²) in [4.78, 5) is 25.1. The second kappa shape index (κ2) is 5.31. The molecule has 1 fully saturated rings. The zero-order valence-corrected chi connectivity index (χ0v) is 10.2. The number of aromatic nitrogens is 2. The van der Waals surface area contributed by atoms with Crippen LogP contribution in [0.5, 0.6) is 0 Å². The number of piperidine rings is 1. The van der Waals surface area contributed by atoms with Gasteiger partial charge in [-0.3, -0.25) is 9.78 Å². The normalized spacial score (nSPS) is 17.2. The lowest BCUT2D eigenvalue weighted by Gasteiger charge is -2.22. The van der Waals surface area contributed by atoms with Crippen molar-refractivity contribution in [3.05, 3.63) is 32.6 Å². The number of nitrogens with zero attached hydrogens (tertiary/aromatic N) is 1. The van der Waals surface area contributed by atoms with E-state index in [2.05, 4.69) is 10.3 Å². The summed E-state index contributed by atoms with van der Waals surface area (Å²) in [6.07, 6.45) is 5.81. The van der Waals surface area contributed by atoms with Gasteiger partial charge in [0.2, 0.25) is 0 Å². The first-order valence-corrected chi connectivity index (χ1v) is 6.16. The lowest BCUT2D eigenvalue weighted by molar-refractivity contribution is 0.354. The Labute approximate surface area is 99.9 Å². The smallest absolute Gasteiger partial charge is 0.317 e. The van der Waals surface area contributed by atoms with E-state index in [1.54, 1.807) is 13.2 Å². The molecule has 0 aromatic carbocycles. The first kappa shape index (κ1) is 12.1. The van der Waals surface area contributed by atoms with Crippen LogP contribution < -0.4 is 16.6 Å². The number of aromatic amines is 1. The van der Waals surface area contributed by atoms with Crippen molar-refractivity contribution in [1.29, 1.82) is 0 Å². The summed E-state index contributed by atoms with van der Waals surface area (Å²) >= 11 is 0. The molecule has 1 aliphatic heterocycles. The van der Waals surface area contributed by atoms with Gasteiger partial charge in [-0.1, -0.05) is 0 Å². The van der Waals surface area contributed by atoms with Crippen molar-refractivity contribution >= 4 is 0 Å². The molecule has 1 aromatic heterocycles. The van der Waals surface area contributed by atoms with Crippen LogP contribution in [0, 0.1) is 5.92 Å². The fourth-order valence-corrected chi connectivity index (χ4v) is 2.32. The van der Waals surface area contributed by atoms with Crippen LogP contribution in [0.4, 0.5) is 0 Å². The third-order valence-electron chi connectivity index (χ3n) is 3.46. The number of H-pyrrole nitrogens is 1. The molecule has 94 valence electrons. The second-order valence-electron chi connectivity index (χ2n) is 4.76. The van der Waals surface area contributed by atoms with Gasteiger partial charge in [0.05, 0.1) is 0 Å². The van der Waals surface area contributed by atoms with Crippen LogP contribution in [-0.2, 0) is 13.5 Å². The largest absolute Gasteiger partial charge is 0.328 e. The predicted molar refractivity (Wildman–Crippen MR) is 66.2 cm³/mol. The van der Waals surface area contributed by atoms with E-state index in [0.717, 1.165) is 25.9 Å². The summed E-state index contributed by atoms with van der Waals surface area (Å²) in [6.45, 7) is 2.16. The van der Waals surface area contributed by atoms with Gasteiger partial charge in [0.1, 0.15) is 0 Å². The quantitative estimate of drug-likeness (QED) is 0.778. The number of hydrogen-bond donors (Lipinski definition) is 2. The van der Waals surface area contributed by atoms with E-state index in [-0.39, 0.29) is 11.2 Å². The molecule has 0 radical (unpaired) electrons. The Kier molecular flexibility index (Phi) is 3.78. The van der Waals surface area contributed by atoms with Crippen molar-refractivity contribution in [2.45, 2.75) is 25.7 Å². The van der Waals surface area contributed by atoms with Gasteiger partial charge < -0.3 is 9.88 Å². The molecule has 0 saturated carbocycles. The fraction of sp³-hybridized carbons (Fsp3) is 0.667. The van der Waals surface area contributed by atoms with Gasteiger partial charge in [-0.15, -0.1) is 0 Å². The maximum Gasteiger partial charge on any atom is 0.328 e. The molecular weight excluding hydrogens is 218 g/mol. The van der Waals surface area contributed by atoms with Gasteiger partial charge >= 0.3 is 5.69 Å². The Bertz CT molecular complexity index is 483. The van der Waals surface area contributed by atoms with Crippen molar-refractivity contribution in [1.82, 2.24) is 14.9 Å². The number of aryl methyl sites for hydroxylation is 2. The molecule has 0 bridgehead atoms. The second-order valence-corrected chi connectivity index (χ2v) is 4.76. The van der Waals surface area contributed by atoms with E-state index in [1.165, 1.54) is 17.4 Å². The lowest BCUT2D eigenvalue weighted by atomic mass is 9.92. The molecule has 0 atom stereocenters. The highest BCUT2D eigenvalue weighted by atomic mass is 16.2. The minimum absolute atomic E-state index is 0.234. The van der Waals surface area contributed by atoms with E-state index in [9.17, 15) is 9.59 Å². The van der Waals surface area contributed by atoms with E-state index in [0.29, 0.717) is 11.5 Å². The summed E-state index contributed by atoms with van der Waals surface area (Å²) in [6, 6.07) is 0. The lowest BCUT2D eigenvalue weighted by Crippen LogP contribution is -2.31. The first-order chi connectivity index (χ1) is 8.16. The summed E-state index contributed by atoms with van der Waals surface area (Å²) in [5.74, 6) is 0.702. The van der Waals surface area contributed by atoms with Crippen molar-refractivity contribution in [2.24, 2.45) is 13.0 Å². The van der Waals surface area contributed by atoms with Gasteiger partial charge in [-0.05, 0) is 44.7 Å². The van der Waals surface area contributed by atoms with Gasteiger partial charge in [0.15, 0.2) is 0 Å². The van der Waals surface area contributed by atoms with E-state index in [4.69, 9.17) is 0 Å². The number of hydrogen-bond acceptors (Lipinski definition) is 3. The SMILES string of the molecule is Cn1cc(CCC2CCNCC2)c(=O)[nH]c1=O. The third-order valence-corrected chi connectivity index (χ3v) is 3.46. The molecule has 2 heterocycles. The molecule has 0 spiro atoms. The summed E-state index contributed by atoms with van der Waals surface area (Å²) < 4.78 is 1.43. The Morgan fingerprint density at radius 2 is 2.06 bits per heavy atom. The molecule has 5 nitrogen and oxygen atoms in total. The van der Waals surface area contributed by atoms with Crippen molar-refractivity contribution < 1.29 is 0 Å². The van der Waals surface area contributed by atoms with Crippen LogP contribution in [0.25, 0.3) is 0 Å². The van der Waals surface area contributed by atoms with Crippen molar-refractivity contribution in [2.75, 3.05) is 13.1 Å². The molecule has 1 aromatic rings. The number of rotatable bonds is 3. The van der Waals surface area contributed by atoms with Crippen LogP contribution in [0.3, 0.4) is 0 Å². The van der Waals surface area contributed by atoms with Crippen molar-refractivity contribution in [3.63, 3.8) is 0 Å². The van der Waals surface area contributed by atoms with E-state index < -0.39 is 0 Å². The highest BCUT2D eigenvalue weighted by Crippen LogP contribution is 2.17. The average Bonchev–Trinajstić information content (AvgIpc) is 2.33. The molecule has 2 rings (SSSR count). The van der Waals surface area contributed by atoms with Crippen LogP contribution in [0.15, 0.2) is 15.8 Å².